The monoisotopic (exact) mass is 286 g/mol. The summed E-state index contributed by atoms with van der Waals surface area (Å²) in [6.45, 7) is 2.25. The summed E-state index contributed by atoms with van der Waals surface area (Å²) in [5.74, 6) is 3.56. The first-order valence-electron chi connectivity index (χ1n) is 5.30. The Hall–Kier alpha value is -0.171. The molecule has 0 fully saturated rings. The molecule has 0 unspecified atom stereocenters. The Morgan fingerprint density at radius 3 is 2.67 bits per heavy atom. The van der Waals surface area contributed by atoms with Gasteiger partial charge in [0.05, 0.1) is 0 Å². The third-order valence-corrected chi connectivity index (χ3v) is 5.62. The van der Waals surface area contributed by atoms with Crippen molar-refractivity contribution in [3.63, 3.8) is 0 Å². The van der Waals surface area contributed by atoms with Crippen molar-refractivity contribution in [2.24, 2.45) is 0 Å². The molecule has 82 valence electrons. The molecule has 0 atom stereocenters. The van der Waals surface area contributed by atoms with Gasteiger partial charge in [0, 0.05) is 0 Å². The van der Waals surface area contributed by atoms with E-state index in [9.17, 15) is 0 Å². The zero-order valence-corrected chi connectivity index (χ0v) is 11.9. The first-order chi connectivity index (χ1) is 7.36. The van der Waals surface area contributed by atoms with Crippen LogP contribution in [0.1, 0.15) is 25.3 Å². The Labute approximate surface area is 104 Å². The predicted molar refractivity (Wildman–Crippen MR) is 73.4 cm³/mol. The van der Waals surface area contributed by atoms with Crippen LogP contribution in [0.15, 0.2) is 34.1 Å². The Balaban J connectivity index is 2.54. The fourth-order valence-electron chi connectivity index (χ4n) is 1.16. The van der Waals surface area contributed by atoms with Crippen molar-refractivity contribution in [1.29, 1.82) is 0 Å². The molecule has 0 aliphatic rings. The Morgan fingerprint density at radius 1 is 1.33 bits per heavy atom. The summed E-state index contributed by atoms with van der Waals surface area (Å²) >= 11 is 2.65. The summed E-state index contributed by atoms with van der Waals surface area (Å²) in [6, 6.07) is 10.6. The fourth-order valence-corrected chi connectivity index (χ4v) is 3.93. The third kappa shape index (κ3) is 5.46. The summed E-state index contributed by atoms with van der Waals surface area (Å²) in [7, 11) is 0. The molecule has 0 saturated carbocycles. The van der Waals surface area contributed by atoms with Gasteiger partial charge in [-0.05, 0) is 0 Å². The molecular formula is C13H18SSe. The van der Waals surface area contributed by atoms with E-state index in [0.717, 1.165) is 0 Å². The normalized spacial score (nSPS) is 11.7. The van der Waals surface area contributed by atoms with Gasteiger partial charge in [-0.15, -0.1) is 0 Å². The van der Waals surface area contributed by atoms with Crippen LogP contribution in [-0.2, 0) is 0 Å². The molecule has 2 heteroatoms. The van der Waals surface area contributed by atoms with Crippen LogP contribution in [0.5, 0.6) is 0 Å². The van der Waals surface area contributed by atoms with Gasteiger partial charge in [0.2, 0.25) is 0 Å². The molecule has 0 aliphatic heterocycles. The zero-order chi connectivity index (χ0) is 10.9. The average Bonchev–Trinajstić information content (AvgIpc) is 2.29. The number of hydrogen-bond donors (Lipinski definition) is 0. The fraction of sp³-hybridized carbons (Fsp3) is 0.385. The van der Waals surface area contributed by atoms with Crippen LogP contribution in [0.25, 0.3) is 6.08 Å². The van der Waals surface area contributed by atoms with Gasteiger partial charge >= 0.3 is 104 Å². The summed E-state index contributed by atoms with van der Waals surface area (Å²) < 4.78 is 1.56. The van der Waals surface area contributed by atoms with E-state index in [0.29, 0.717) is 15.0 Å². The van der Waals surface area contributed by atoms with Crippen molar-refractivity contribution in [1.82, 2.24) is 0 Å². The van der Waals surface area contributed by atoms with Gasteiger partial charge in [-0.25, -0.2) is 0 Å². The second-order valence-corrected chi connectivity index (χ2v) is 6.78. The molecule has 0 spiro atoms. The van der Waals surface area contributed by atoms with Crippen LogP contribution in [0, 0.1) is 0 Å². The average molecular weight is 285 g/mol. The van der Waals surface area contributed by atoms with Crippen molar-refractivity contribution >= 4 is 32.8 Å². The molecule has 1 aromatic carbocycles. The van der Waals surface area contributed by atoms with Crippen LogP contribution in [0.4, 0.5) is 0 Å². The van der Waals surface area contributed by atoms with E-state index in [-0.39, 0.29) is 0 Å². The molecule has 0 nitrogen and oxygen atoms in total. The predicted octanol–water partition coefficient (Wildman–Crippen LogP) is 4.27. The van der Waals surface area contributed by atoms with E-state index in [1.165, 1.54) is 24.2 Å². The van der Waals surface area contributed by atoms with E-state index in [4.69, 9.17) is 0 Å². The zero-order valence-electron chi connectivity index (χ0n) is 9.40. The maximum atomic E-state index is 2.33. The van der Waals surface area contributed by atoms with Crippen LogP contribution >= 0.6 is 11.8 Å². The number of benzene rings is 1. The van der Waals surface area contributed by atoms with Crippen molar-refractivity contribution in [2.45, 2.75) is 25.6 Å². The molecule has 0 heterocycles. The summed E-state index contributed by atoms with van der Waals surface area (Å²) in [6.07, 6.45) is 4.95. The molecule has 0 radical (unpaired) electrons. The standard InChI is InChI=1S/C13H18SSe/c1-3-4-10-14-13(15-2)11-12-8-6-5-7-9-12/h5-9,11H,3-4,10H2,1-2H3/b13-11+. The van der Waals surface area contributed by atoms with Gasteiger partial charge < -0.3 is 0 Å². The van der Waals surface area contributed by atoms with Gasteiger partial charge in [-0.1, -0.05) is 0 Å². The van der Waals surface area contributed by atoms with Gasteiger partial charge in [0.25, 0.3) is 0 Å². The quantitative estimate of drug-likeness (QED) is 0.555. The summed E-state index contributed by atoms with van der Waals surface area (Å²) in [5.41, 5.74) is 1.33. The second kappa shape index (κ2) is 8.04. The number of rotatable bonds is 6. The van der Waals surface area contributed by atoms with Gasteiger partial charge in [-0.2, -0.15) is 0 Å². The van der Waals surface area contributed by atoms with Crippen LogP contribution in [0.2, 0.25) is 5.82 Å². The molecule has 0 saturated heterocycles. The van der Waals surface area contributed by atoms with E-state index < -0.39 is 0 Å². The Kier molecular flexibility index (Phi) is 6.91. The molecule has 0 amide bonds. The molecule has 0 bridgehead atoms. The topological polar surface area (TPSA) is 0 Å². The molecular weight excluding hydrogens is 267 g/mol. The summed E-state index contributed by atoms with van der Waals surface area (Å²) in [5, 5.41) is 0. The SMILES string of the molecule is CCCCS/C(=C\c1ccccc1)[Se]C. The molecule has 0 aromatic heterocycles. The van der Waals surface area contributed by atoms with Gasteiger partial charge in [0.1, 0.15) is 0 Å². The van der Waals surface area contributed by atoms with Gasteiger partial charge in [-0.3, -0.25) is 0 Å². The molecule has 15 heavy (non-hydrogen) atoms. The molecule has 1 rings (SSSR count). The summed E-state index contributed by atoms with van der Waals surface area (Å²) in [4.78, 5) is 0. The molecule has 0 aliphatic carbocycles. The Bertz CT molecular complexity index is 293. The number of hydrogen-bond acceptors (Lipinski definition) is 1. The van der Waals surface area contributed by atoms with Crippen LogP contribution < -0.4 is 0 Å². The van der Waals surface area contributed by atoms with Crippen molar-refractivity contribution in [3.8, 4) is 0 Å². The van der Waals surface area contributed by atoms with E-state index in [1.807, 2.05) is 11.8 Å². The Morgan fingerprint density at radius 2 is 2.07 bits per heavy atom. The van der Waals surface area contributed by atoms with Crippen molar-refractivity contribution in [3.05, 3.63) is 39.7 Å². The second-order valence-electron chi connectivity index (χ2n) is 3.28. The van der Waals surface area contributed by atoms with E-state index in [2.05, 4.69) is 49.2 Å². The third-order valence-electron chi connectivity index (χ3n) is 2.03. The van der Waals surface area contributed by atoms with Crippen molar-refractivity contribution in [2.75, 3.05) is 5.75 Å². The van der Waals surface area contributed by atoms with Crippen LogP contribution in [-0.4, -0.2) is 20.7 Å². The first-order valence-corrected chi connectivity index (χ1v) is 8.86. The molecule has 1 aromatic rings. The van der Waals surface area contributed by atoms with E-state index in [1.54, 1.807) is 3.80 Å². The number of thioether (sulfide) groups is 1. The minimum atomic E-state index is 0.619. The van der Waals surface area contributed by atoms with E-state index >= 15 is 0 Å². The van der Waals surface area contributed by atoms with Gasteiger partial charge in [0.15, 0.2) is 0 Å². The van der Waals surface area contributed by atoms with Crippen LogP contribution in [0.3, 0.4) is 0 Å². The first kappa shape index (κ1) is 12.9. The molecule has 0 N–H and O–H groups in total. The minimum absolute atomic E-state index is 0.619. The van der Waals surface area contributed by atoms with Crippen molar-refractivity contribution < 1.29 is 0 Å². The maximum absolute atomic E-state index is 2.33. The number of unbranched alkanes of at least 4 members (excludes halogenated alkanes) is 1.